The standard InChI is InChI=1S/C26H38N2O3S.Na/c1-2-3-4-5-6-7-8-9-10-14-17-26-27-24-19-18-23(32(29,30)31)20-25(24)28(26)21-22-15-12-11-13-16-22;/h11-13,15-16,18-20,26-27H,2-10,14,17,21H2,1H3,(H,29,30,31);/q;+1/p-1. The van der Waals surface area contributed by atoms with Crippen LogP contribution in [0.15, 0.2) is 53.4 Å². The summed E-state index contributed by atoms with van der Waals surface area (Å²) < 4.78 is 34.7. The number of nitrogens with zero attached hydrogens (tertiary/aromatic N) is 1. The molecule has 0 aromatic heterocycles. The molecule has 2 aromatic rings. The molecule has 0 radical (unpaired) electrons. The molecule has 0 saturated heterocycles. The molecule has 1 N–H and O–H groups in total. The fourth-order valence-corrected chi connectivity index (χ4v) is 4.97. The molecule has 176 valence electrons. The van der Waals surface area contributed by atoms with Crippen LogP contribution in [0, 0.1) is 0 Å². The van der Waals surface area contributed by atoms with Crippen molar-refractivity contribution in [3.63, 3.8) is 0 Å². The Bertz CT molecular complexity index is 938. The smallest absolute Gasteiger partial charge is 0.744 e. The quantitative estimate of drug-likeness (QED) is 0.254. The van der Waals surface area contributed by atoms with Gasteiger partial charge in [-0.05, 0) is 36.6 Å². The topological polar surface area (TPSA) is 72.5 Å². The molecular formula is C26H37N2NaO3S. The number of nitrogens with one attached hydrogen (secondary N) is 1. The second-order valence-electron chi connectivity index (χ2n) is 8.88. The zero-order valence-corrected chi connectivity index (χ0v) is 23.1. The Kier molecular flexibility index (Phi) is 12.3. The van der Waals surface area contributed by atoms with Crippen molar-refractivity contribution in [1.82, 2.24) is 0 Å². The molecule has 1 aliphatic heterocycles. The van der Waals surface area contributed by atoms with Gasteiger partial charge in [-0.1, -0.05) is 95.0 Å². The molecule has 1 unspecified atom stereocenters. The molecule has 1 aliphatic rings. The minimum atomic E-state index is -4.48. The van der Waals surface area contributed by atoms with E-state index in [1.54, 1.807) is 6.07 Å². The van der Waals surface area contributed by atoms with Gasteiger partial charge >= 0.3 is 29.6 Å². The van der Waals surface area contributed by atoms with Crippen molar-refractivity contribution < 1.29 is 42.5 Å². The summed E-state index contributed by atoms with van der Waals surface area (Å²) in [4.78, 5) is 2.03. The average molecular weight is 481 g/mol. The molecule has 33 heavy (non-hydrogen) atoms. The molecule has 3 rings (SSSR count). The fraction of sp³-hybridized carbons (Fsp3) is 0.538. The number of benzene rings is 2. The Morgan fingerprint density at radius 3 is 2.09 bits per heavy atom. The van der Waals surface area contributed by atoms with Crippen LogP contribution in [0.2, 0.25) is 0 Å². The van der Waals surface area contributed by atoms with E-state index in [1.807, 2.05) is 18.2 Å². The van der Waals surface area contributed by atoms with Crippen LogP contribution in [0.3, 0.4) is 0 Å². The number of rotatable bonds is 14. The summed E-state index contributed by atoms with van der Waals surface area (Å²) in [7, 11) is -4.48. The van der Waals surface area contributed by atoms with E-state index >= 15 is 0 Å². The number of hydrogen-bond acceptors (Lipinski definition) is 5. The first kappa shape index (κ1) is 28.2. The van der Waals surface area contributed by atoms with Crippen molar-refractivity contribution in [1.29, 1.82) is 0 Å². The van der Waals surface area contributed by atoms with Crippen LogP contribution in [0.4, 0.5) is 11.4 Å². The first-order valence-electron chi connectivity index (χ1n) is 12.2. The predicted molar refractivity (Wildman–Crippen MR) is 131 cm³/mol. The second kappa shape index (κ2) is 14.4. The van der Waals surface area contributed by atoms with Crippen molar-refractivity contribution in [3.8, 4) is 0 Å². The summed E-state index contributed by atoms with van der Waals surface area (Å²) in [6.07, 6.45) is 14.1. The summed E-state index contributed by atoms with van der Waals surface area (Å²) >= 11 is 0. The van der Waals surface area contributed by atoms with Gasteiger partial charge in [0, 0.05) is 6.54 Å². The van der Waals surface area contributed by atoms with Crippen molar-refractivity contribution in [3.05, 3.63) is 54.1 Å². The van der Waals surface area contributed by atoms with Gasteiger partial charge in [-0.25, -0.2) is 8.42 Å². The molecule has 1 atom stereocenters. The summed E-state index contributed by atoms with van der Waals surface area (Å²) in [6.45, 7) is 2.93. The molecule has 0 amide bonds. The van der Waals surface area contributed by atoms with Gasteiger partial charge in [-0.2, -0.15) is 0 Å². The molecule has 0 fully saturated rings. The van der Waals surface area contributed by atoms with Crippen LogP contribution >= 0.6 is 0 Å². The van der Waals surface area contributed by atoms with E-state index in [2.05, 4.69) is 29.3 Å². The van der Waals surface area contributed by atoms with Gasteiger partial charge in [0.15, 0.2) is 0 Å². The molecule has 0 saturated carbocycles. The van der Waals surface area contributed by atoms with Crippen LogP contribution in [0.25, 0.3) is 0 Å². The van der Waals surface area contributed by atoms with E-state index in [9.17, 15) is 13.0 Å². The maximum absolute atomic E-state index is 11.6. The minimum Gasteiger partial charge on any atom is -0.744 e. The van der Waals surface area contributed by atoms with E-state index in [-0.39, 0.29) is 40.6 Å². The van der Waals surface area contributed by atoms with Gasteiger partial charge in [0.25, 0.3) is 0 Å². The SMILES string of the molecule is CCCCCCCCCCCCC1Nc2ccc(S(=O)(=O)[O-])cc2N1Cc1ccccc1.[Na+]. The number of hydrogen-bond donors (Lipinski definition) is 1. The van der Waals surface area contributed by atoms with Crippen LogP contribution in [-0.4, -0.2) is 19.1 Å². The summed E-state index contributed by atoms with van der Waals surface area (Å²) in [5, 5.41) is 3.54. The molecule has 0 aliphatic carbocycles. The maximum Gasteiger partial charge on any atom is 1.00 e. The molecule has 1 heterocycles. The third-order valence-electron chi connectivity index (χ3n) is 6.29. The second-order valence-corrected chi connectivity index (χ2v) is 10.3. The first-order valence-corrected chi connectivity index (χ1v) is 13.6. The normalized spacial score (nSPS) is 15.1. The van der Waals surface area contributed by atoms with E-state index in [4.69, 9.17) is 0 Å². The van der Waals surface area contributed by atoms with E-state index in [0.29, 0.717) is 6.54 Å². The third-order valence-corrected chi connectivity index (χ3v) is 7.12. The predicted octanol–water partition coefficient (Wildman–Crippen LogP) is 3.66. The van der Waals surface area contributed by atoms with E-state index < -0.39 is 10.1 Å². The Labute approximate surface area is 222 Å². The number of anilines is 2. The molecule has 5 nitrogen and oxygen atoms in total. The van der Waals surface area contributed by atoms with Gasteiger partial charge in [-0.15, -0.1) is 0 Å². The Balaban J connectivity index is 0.00000385. The summed E-state index contributed by atoms with van der Waals surface area (Å²) in [6, 6.07) is 14.8. The van der Waals surface area contributed by atoms with Gasteiger partial charge in [-0.3, -0.25) is 0 Å². The third kappa shape index (κ3) is 8.91. The maximum atomic E-state index is 11.6. The Hall–Kier alpha value is -1.05. The average Bonchev–Trinajstić information content (AvgIpc) is 3.12. The van der Waals surface area contributed by atoms with Crippen LogP contribution in [0.5, 0.6) is 0 Å². The van der Waals surface area contributed by atoms with Gasteiger partial charge in [0.2, 0.25) is 0 Å². The zero-order valence-electron chi connectivity index (χ0n) is 20.3. The Morgan fingerprint density at radius 2 is 1.48 bits per heavy atom. The van der Waals surface area contributed by atoms with Gasteiger partial charge < -0.3 is 14.8 Å². The zero-order chi connectivity index (χ0) is 22.8. The first-order chi connectivity index (χ1) is 15.5. The molecule has 0 spiro atoms. The molecule has 7 heteroatoms. The van der Waals surface area contributed by atoms with Crippen molar-refractivity contribution >= 4 is 21.5 Å². The molecule has 2 aromatic carbocycles. The molecule has 0 bridgehead atoms. The van der Waals surface area contributed by atoms with Crippen molar-refractivity contribution in [2.24, 2.45) is 0 Å². The van der Waals surface area contributed by atoms with Gasteiger partial charge in [0.1, 0.15) is 10.1 Å². The van der Waals surface area contributed by atoms with Crippen molar-refractivity contribution in [2.45, 2.75) is 95.2 Å². The summed E-state index contributed by atoms with van der Waals surface area (Å²) in [5.74, 6) is 0. The Morgan fingerprint density at radius 1 is 0.879 bits per heavy atom. The van der Waals surface area contributed by atoms with Crippen LogP contribution in [0.1, 0.15) is 83.1 Å². The summed E-state index contributed by atoms with van der Waals surface area (Å²) in [5.41, 5.74) is 2.85. The molecular weight excluding hydrogens is 443 g/mol. The van der Waals surface area contributed by atoms with E-state index in [0.717, 1.165) is 29.8 Å². The van der Waals surface area contributed by atoms with Crippen LogP contribution in [-0.2, 0) is 16.7 Å². The minimum absolute atomic E-state index is 0. The largest absolute Gasteiger partial charge is 1.00 e. The fourth-order valence-electron chi connectivity index (χ4n) is 4.48. The number of fused-ring (bicyclic) bond motifs is 1. The monoisotopic (exact) mass is 480 g/mol. The van der Waals surface area contributed by atoms with Gasteiger partial charge in [0.05, 0.1) is 22.4 Å². The van der Waals surface area contributed by atoms with E-state index in [1.165, 1.54) is 69.9 Å². The van der Waals surface area contributed by atoms with Crippen molar-refractivity contribution in [2.75, 3.05) is 10.2 Å². The number of unbranched alkanes of at least 4 members (excludes halogenated alkanes) is 9. The van der Waals surface area contributed by atoms with Crippen LogP contribution < -0.4 is 39.8 Å².